The van der Waals surface area contributed by atoms with Crippen LogP contribution in [0.5, 0.6) is 0 Å². The van der Waals surface area contributed by atoms with Crippen molar-refractivity contribution in [3.05, 3.63) is 118 Å². The Hall–Kier alpha value is -2.70. The minimum Gasteiger partial charge on any atom is -0.399 e. The van der Waals surface area contributed by atoms with Gasteiger partial charge in [0.2, 0.25) is 0 Å². The lowest BCUT2D eigenvalue weighted by molar-refractivity contribution is 0.590. The van der Waals surface area contributed by atoms with Crippen molar-refractivity contribution in [3.8, 4) is 0 Å². The summed E-state index contributed by atoms with van der Waals surface area (Å²) in [4.78, 5) is 0. The molecule has 1 aliphatic rings. The normalized spacial score (nSPS) is 13.3. The first-order valence-corrected chi connectivity index (χ1v) is 23.0. The van der Waals surface area contributed by atoms with E-state index in [0.717, 1.165) is 21.5 Å². The van der Waals surface area contributed by atoms with Gasteiger partial charge in [-0.1, -0.05) is 122 Å². The number of nitrogens with one attached hydrogen (secondary N) is 1. The van der Waals surface area contributed by atoms with Crippen molar-refractivity contribution in [3.63, 3.8) is 0 Å². The third-order valence-corrected chi connectivity index (χ3v) is 11.6. The Bertz CT molecular complexity index is 1330. The molecule has 0 saturated heterocycles. The molecule has 0 fully saturated rings. The van der Waals surface area contributed by atoms with Crippen LogP contribution in [0.15, 0.2) is 101 Å². The van der Waals surface area contributed by atoms with E-state index in [1.165, 1.54) is 21.5 Å². The van der Waals surface area contributed by atoms with Gasteiger partial charge < -0.3 is 11.1 Å². The summed E-state index contributed by atoms with van der Waals surface area (Å²) in [5.74, 6) is 0. The first kappa shape index (κ1) is 36.5. The Balaban J connectivity index is 0.000000247. The van der Waals surface area contributed by atoms with Gasteiger partial charge in [-0.2, -0.15) is 0 Å². The lowest BCUT2D eigenvalue weighted by Crippen LogP contribution is -2.37. The largest absolute Gasteiger partial charge is 0.399 e. The van der Waals surface area contributed by atoms with E-state index in [4.69, 9.17) is 5.73 Å². The molecule has 0 spiro atoms. The first-order chi connectivity index (χ1) is 19.7. The summed E-state index contributed by atoms with van der Waals surface area (Å²) < 4.78 is 1.11. The van der Waals surface area contributed by atoms with Crippen molar-refractivity contribution in [2.24, 2.45) is 0 Å². The second-order valence-corrected chi connectivity index (χ2v) is 26.4. The summed E-state index contributed by atoms with van der Waals surface area (Å²) in [5.41, 5.74) is 11.8. The Labute approximate surface area is 273 Å². The second kappa shape index (κ2) is 14.9. The van der Waals surface area contributed by atoms with Crippen molar-refractivity contribution in [1.29, 1.82) is 0 Å². The Morgan fingerprint density at radius 2 is 1.02 bits per heavy atom. The van der Waals surface area contributed by atoms with Gasteiger partial charge in [0, 0.05) is 45.1 Å². The molecule has 3 aromatic rings. The fourth-order valence-electron chi connectivity index (χ4n) is 4.13. The smallest absolute Gasteiger partial charge is 0.129 e. The van der Waals surface area contributed by atoms with Gasteiger partial charge in [0.1, 0.15) is 18.6 Å². The SMILES string of the molecule is CC(C)(C)c1ccc(N)cc1.CC(C)(C)c1ccc(Nc2ccc([Si](C)(C)C)cc2)cc1.C[Si](C)(C)C1=[C+]C=C(Br)C=C1. The van der Waals surface area contributed by atoms with E-state index in [0.29, 0.717) is 0 Å². The van der Waals surface area contributed by atoms with Crippen LogP contribution >= 0.6 is 15.9 Å². The van der Waals surface area contributed by atoms with Crippen molar-refractivity contribution in [2.45, 2.75) is 91.7 Å². The molecule has 230 valence electrons. The summed E-state index contributed by atoms with van der Waals surface area (Å²) in [7, 11) is -2.34. The van der Waals surface area contributed by atoms with Gasteiger partial charge in [-0.05, 0) is 58.4 Å². The molecule has 0 aromatic heterocycles. The Morgan fingerprint density at radius 3 is 1.37 bits per heavy atom. The molecule has 2 nitrogen and oxygen atoms in total. The summed E-state index contributed by atoms with van der Waals surface area (Å²) >= 11 is 3.40. The summed E-state index contributed by atoms with van der Waals surface area (Å²) in [6.45, 7) is 27.4. The first-order valence-electron chi connectivity index (χ1n) is 15.2. The molecule has 0 atom stereocenters. The van der Waals surface area contributed by atoms with Crippen LogP contribution in [0.3, 0.4) is 0 Å². The van der Waals surface area contributed by atoms with E-state index in [-0.39, 0.29) is 10.8 Å². The van der Waals surface area contributed by atoms with Crippen LogP contribution in [0.1, 0.15) is 52.7 Å². The predicted octanol–water partition coefficient (Wildman–Crippen LogP) is 11.3. The zero-order valence-corrected chi connectivity index (χ0v) is 32.2. The maximum Gasteiger partial charge on any atom is 0.129 e. The highest BCUT2D eigenvalue weighted by Crippen LogP contribution is 2.25. The van der Waals surface area contributed by atoms with E-state index in [2.05, 4.69) is 181 Å². The molecule has 0 aliphatic heterocycles. The van der Waals surface area contributed by atoms with Gasteiger partial charge >= 0.3 is 0 Å². The molecule has 5 heteroatoms. The molecular formula is C38H54BrN2Si2+. The highest BCUT2D eigenvalue weighted by molar-refractivity contribution is 9.11. The molecule has 0 bridgehead atoms. The maximum atomic E-state index is 5.57. The van der Waals surface area contributed by atoms with Crippen LogP contribution in [0.4, 0.5) is 17.1 Å². The van der Waals surface area contributed by atoms with Crippen molar-refractivity contribution >= 4 is 54.3 Å². The molecule has 1 aliphatic carbocycles. The average molecular weight is 675 g/mol. The van der Waals surface area contributed by atoms with Crippen molar-refractivity contribution in [2.75, 3.05) is 11.1 Å². The quantitative estimate of drug-likeness (QED) is 0.164. The number of benzene rings is 3. The van der Waals surface area contributed by atoms with Gasteiger partial charge in [-0.15, -0.1) is 0 Å². The molecule has 0 amide bonds. The predicted molar refractivity (Wildman–Crippen MR) is 204 cm³/mol. The molecule has 0 heterocycles. The Morgan fingerprint density at radius 1 is 0.605 bits per heavy atom. The number of nitrogen functional groups attached to an aromatic ring is 1. The molecule has 0 saturated carbocycles. The number of hydrogen-bond donors (Lipinski definition) is 2. The second-order valence-electron chi connectivity index (χ2n) is 15.3. The summed E-state index contributed by atoms with van der Waals surface area (Å²) in [5, 5.41) is 6.36. The molecule has 4 rings (SSSR count). The Kier molecular flexibility index (Phi) is 12.6. The van der Waals surface area contributed by atoms with E-state index >= 15 is 0 Å². The zero-order valence-electron chi connectivity index (χ0n) is 28.6. The standard InChI is InChI=1S/C19H27NSi.C10H15N.C9H12BrSi/c1-19(2,3)15-7-9-16(10-8-15)20-17-11-13-18(14-12-17)21(4,5)6;1-10(2,3)8-4-6-9(11)7-5-8;1-11(2,3)9-6-4-8(10)5-7-9/h7-14,20H,1-6H3;4-7H,11H2,1-3H3;4-6H,1-3H3/q;;+1. The molecule has 0 unspecified atom stereocenters. The van der Waals surface area contributed by atoms with Gasteiger partial charge in [0.05, 0.1) is 19.3 Å². The third kappa shape index (κ3) is 12.8. The summed E-state index contributed by atoms with van der Waals surface area (Å²) in [6, 6.07) is 25.7. The summed E-state index contributed by atoms with van der Waals surface area (Å²) in [6.07, 6.45) is 9.54. The van der Waals surface area contributed by atoms with Crippen LogP contribution < -0.4 is 16.2 Å². The number of rotatable bonds is 4. The van der Waals surface area contributed by atoms with Crippen LogP contribution in [0, 0.1) is 6.08 Å². The highest BCUT2D eigenvalue weighted by Gasteiger charge is 2.25. The molecule has 43 heavy (non-hydrogen) atoms. The van der Waals surface area contributed by atoms with E-state index in [1.807, 2.05) is 18.2 Å². The van der Waals surface area contributed by atoms with E-state index < -0.39 is 16.1 Å². The fourth-order valence-corrected chi connectivity index (χ4v) is 6.63. The van der Waals surface area contributed by atoms with Gasteiger partial charge in [-0.3, -0.25) is 0 Å². The number of halogens is 1. The lowest BCUT2D eigenvalue weighted by Gasteiger charge is -2.19. The van der Waals surface area contributed by atoms with Crippen molar-refractivity contribution in [1.82, 2.24) is 0 Å². The number of anilines is 3. The van der Waals surface area contributed by atoms with Crippen LogP contribution in [0.25, 0.3) is 0 Å². The zero-order chi connectivity index (χ0) is 32.6. The van der Waals surface area contributed by atoms with E-state index in [1.54, 1.807) is 0 Å². The van der Waals surface area contributed by atoms with Crippen molar-refractivity contribution < 1.29 is 0 Å². The van der Waals surface area contributed by atoms with Gasteiger partial charge in [0.15, 0.2) is 0 Å². The number of nitrogens with two attached hydrogens (primary N) is 1. The topological polar surface area (TPSA) is 38.0 Å². The monoisotopic (exact) mass is 673 g/mol. The van der Waals surface area contributed by atoms with Crippen LogP contribution in [0.2, 0.25) is 39.3 Å². The maximum absolute atomic E-state index is 5.57. The molecular weight excluding hydrogens is 621 g/mol. The number of allylic oxidation sites excluding steroid dienone is 6. The van der Waals surface area contributed by atoms with Crippen LogP contribution in [-0.4, -0.2) is 16.1 Å². The average Bonchev–Trinajstić information content (AvgIpc) is 2.88. The van der Waals surface area contributed by atoms with E-state index in [9.17, 15) is 0 Å². The van der Waals surface area contributed by atoms with Crippen LogP contribution in [-0.2, 0) is 10.8 Å². The highest BCUT2D eigenvalue weighted by atomic mass is 79.9. The minimum atomic E-state index is -1.20. The van der Waals surface area contributed by atoms with Gasteiger partial charge in [0.25, 0.3) is 0 Å². The van der Waals surface area contributed by atoms with Gasteiger partial charge in [-0.25, -0.2) is 0 Å². The molecule has 3 N–H and O–H groups in total. The number of hydrogen-bond acceptors (Lipinski definition) is 2. The molecule has 3 aromatic carbocycles. The fraction of sp³-hybridized carbons (Fsp3) is 0.368. The molecule has 0 radical (unpaired) electrons. The third-order valence-electron chi connectivity index (χ3n) is 7.15. The minimum absolute atomic E-state index is 0.206. The lowest BCUT2D eigenvalue weighted by atomic mass is 9.87.